The number of fused-ring (bicyclic) bond motifs is 1. The summed E-state index contributed by atoms with van der Waals surface area (Å²) in [4.78, 5) is 13.7. The molecule has 0 radical (unpaired) electrons. The Morgan fingerprint density at radius 1 is 1.53 bits per heavy atom. The molecule has 0 N–H and O–H groups in total. The summed E-state index contributed by atoms with van der Waals surface area (Å²) in [6, 6.07) is 6.07. The molecule has 1 aromatic carbocycles. The van der Waals surface area contributed by atoms with Crippen molar-refractivity contribution in [1.29, 1.82) is 0 Å². The van der Waals surface area contributed by atoms with Crippen molar-refractivity contribution in [2.75, 3.05) is 18.0 Å². The Hall–Kier alpha value is -1.31. The monoisotopic (exact) mass is 203 g/mol. The summed E-state index contributed by atoms with van der Waals surface area (Å²) in [6.45, 7) is 8.13. The zero-order chi connectivity index (χ0) is 11.0. The van der Waals surface area contributed by atoms with Crippen molar-refractivity contribution in [1.82, 2.24) is 0 Å². The highest BCUT2D eigenvalue weighted by Gasteiger charge is 2.24. The highest BCUT2D eigenvalue weighted by Crippen LogP contribution is 2.36. The van der Waals surface area contributed by atoms with Crippen molar-refractivity contribution in [2.24, 2.45) is 0 Å². The summed E-state index contributed by atoms with van der Waals surface area (Å²) in [5, 5.41) is 0. The Kier molecular flexibility index (Phi) is 2.51. The van der Waals surface area contributed by atoms with Crippen molar-refractivity contribution < 1.29 is 4.79 Å². The van der Waals surface area contributed by atoms with Crippen LogP contribution in [0.15, 0.2) is 18.2 Å². The van der Waals surface area contributed by atoms with Crippen LogP contribution in [0.2, 0.25) is 0 Å². The van der Waals surface area contributed by atoms with Crippen LogP contribution in [0, 0.1) is 0 Å². The second-order valence-electron chi connectivity index (χ2n) is 4.27. The topological polar surface area (TPSA) is 20.3 Å². The number of benzene rings is 1. The molecule has 0 fully saturated rings. The first kappa shape index (κ1) is 10.2. The fraction of sp³-hybridized carbons (Fsp3) is 0.462. The predicted molar refractivity (Wildman–Crippen MR) is 62.7 cm³/mol. The van der Waals surface area contributed by atoms with Gasteiger partial charge in [0, 0.05) is 30.3 Å². The highest BCUT2D eigenvalue weighted by molar-refractivity contribution is 5.95. The van der Waals surface area contributed by atoms with E-state index in [2.05, 4.69) is 30.9 Å². The first-order chi connectivity index (χ1) is 7.13. The minimum atomic E-state index is 0.153. The van der Waals surface area contributed by atoms with E-state index >= 15 is 0 Å². The van der Waals surface area contributed by atoms with Crippen LogP contribution in [0.3, 0.4) is 0 Å². The summed E-state index contributed by atoms with van der Waals surface area (Å²) in [5.41, 5.74) is 3.46. The van der Waals surface area contributed by atoms with Crippen LogP contribution in [-0.2, 0) is 0 Å². The molecule has 1 aromatic rings. The molecule has 15 heavy (non-hydrogen) atoms. The van der Waals surface area contributed by atoms with Gasteiger partial charge in [0.1, 0.15) is 0 Å². The van der Waals surface area contributed by atoms with E-state index in [9.17, 15) is 4.79 Å². The number of hydrogen-bond donors (Lipinski definition) is 0. The quantitative estimate of drug-likeness (QED) is 0.689. The fourth-order valence-corrected chi connectivity index (χ4v) is 2.28. The third kappa shape index (κ3) is 1.65. The summed E-state index contributed by atoms with van der Waals surface area (Å²) < 4.78 is 0. The normalized spacial score (nSPS) is 19.1. The van der Waals surface area contributed by atoms with Crippen LogP contribution in [0.25, 0.3) is 0 Å². The zero-order valence-electron chi connectivity index (χ0n) is 9.58. The van der Waals surface area contributed by atoms with Crippen molar-refractivity contribution in [3.63, 3.8) is 0 Å². The van der Waals surface area contributed by atoms with E-state index < -0.39 is 0 Å². The maximum Gasteiger partial charge on any atom is 0.159 e. The Bertz CT molecular complexity index is 398. The maximum atomic E-state index is 11.3. The molecule has 0 aromatic heterocycles. The number of ketones is 1. The van der Waals surface area contributed by atoms with Gasteiger partial charge in [0.05, 0.1) is 0 Å². The van der Waals surface area contributed by atoms with E-state index in [0.717, 1.165) is 18.7 Å². The average Bonchev–Trinajstić information content (AvgIpc) is 2.55. The van der Waals surface area contributed by atoms with Crippen molar-refractivity contribution in [2.45, 2.75) is 26.7 Å². The standard InChI is InChI=1S/C13H17NO/c1-4-14-8-9(2)12-7-11(10(3)15)5-6-13(12)14/h5-7,9H,4,8H2,1-3H3. The SMILES string of the molecule is CCN1CC(C)c2cc(C(C)=O)ccc21. The van der Waals surface area contributed by atoms with Gasteiger partial charge in [-0.3, -0.25) is 4.79 Å². The molecular formula is C13H17NO. The van der Waals surface area contributed by atoms with Gasteiger partial charge in [-0.2, -0.15) is 0 Å². The molecule has 1 aliphatic rings. The molecule has 0 bridgehead atoms. The second-order valence-corrected chi connectivity index (χ2v) is 4.27. The molecule has 0 aliphatic carbocycles. The molecule has 2 nitrogen and oxygen atoms in total. The lowest BCUT2D eigenvalue weighted by Gasteiger charge is -2.16. The van der Waals surface area contributed by atoms with E-state index in [0.29, 0.717) is 5.92 Å². The highest BCUT2D eigenvalue weighted by atomic mass is 16.1. The summed E-state index contributed by atoms with van der Waals surface area (Å²) >= 11 is 0. The number of rotatable bonds is 2. The number of nitrogens with zero attached hydrogens (tertiary/aromatic N) is 1. The van der Waals surface area contributed by atoms with Crippen molar-refractivity contribution >= 4 is 11.5 Å². The van der Waals surface area contributed by atoms with Gasteiger partial charge < -0.3 is 4.90 Å². The van der Waals surface area contributed by atoms with Gasteiger partial charge >= 0.3 is 0 Å². The number of hydrogen-bond acceptors (Lipinski definition) is 2. The zero-order valence-corrected chi connectivity index (χ0v) is 9.58. The van der Waals surface area contributed by atoms with Gasteiger partial charge in [-0.1, -0.05) is 6.92 Å². The van der Waals surface area contributed by atoms with Crippen molar-refractivity contribution in [3.05, 3.63) is 29.3 Å². The second kappa shape index (κ2) is 3.69. The van der Waals surface area contributed by atoms with Crippen LogP contribution in [-0.4, -0.2) is 18.9 Å². The van der Waals surface area contributed by atoms with Gasteiger partial charge in [0.2, 0.25) is 0 Å². The first-order valence-electron chi connectivity index (χ1n) is 5.53. The lowest BCUT2D eigenvalue weighted by atomic mass is 10.00. The van der Waals surface area contributed by atoms with Crippen LogP contribution in [0.5, 0.6) is 0 Å². The molecule has 1 unspecified atom stereocenters. The van der Waals surface area contributed by atoms with Gasteiger partial charge in [0.15, 0.2) is 5.78 Å². The molecular weight excluding hydrogens is 186 g/mol. The van der Waals surface area contributed by atoms with Crippen LogP contribution < -0.4 is 4.90 Å². The molecule has 0 spiro atoms. The minimum Gasteiger partial charge on any atom is -0.371 e. The number of Topliss-reactive ketones (excluding diaryl/α,β-unsaturated/α-hetero) is 1. The molecule has 80 valence electrons. The maximum absolute atomic E-state index is 11.3. The fourth-order valence-electron chi connectivity index (χ4n) is 2.28. The smallest absolute Gasteiger partial charge is 0.159 e. The van der Waals surface area contributed by atoms with E-state index in [1.54, 1.807) is 6.92 Å². The lowest BCUT2D eigenvalue weighted by molar-refractivity contribution is 0.101. The Balaban J connectivity index is 2.45. The van der Waals surface area contributed by atoms with E-state index in [-0.39, 0.29) is 5.78 Å². The number of carbonyl (C=O) groups is 1. The third-order valence-corrected chi connectivity index (χ3v) is 3.18. The average molecular weight is 203 g/mol. The first-order valence-corrected chi connectivity index (χ1v) is 5.53. The molecule has 1 aliphatic heterocycles. The van der Waals surface area contributed by atoms with Gasteiger partial charge in [0.25, 0.3) is 0 Å². The summed E-state index contributed by atoms with van der Waals surface area (Å²) in [6.07, 6.45) is 0. The van der Waals surface area contributed by atoms with Gasteiger partial charge in [-0.25, -0.2) is 0 Å². The van der Waals surface area contributed by atoms with Crippen molar-refractivity contribution in [3.8, 4) is 0 Å². The van der Waals surface area contributed by atoms with E-state index in [1.807, 2.05) is 6.07 Å². The third-order valence-electron chi connectivity index (χ3n) is 3.18. The van der Waals surface area contributed by atoms with Gasteiger partial charge in [-0.15, -0.1) is 0 Å². The van der Waals surface area contributed by atoms with E-state index in [4.69, 9.17) is 0 Å². The van der Waals surface area contributed by atoms with Crippen LogP contribution >= 0.6 is 0 Å². The molecule has 2 heteroatoms. The lowest BCUT2D eigenvalue weighted by Crippen LogP contribution is -2.20. The molecule has 0 amide bonds. The van der Waals surface area contributed by atoms with Crippen LogP contribution in [0.4, 0.5) is 5.69 Å². The Morgan fingerprint density at radius 3 is 2.87 bits per heavy atom. The minimum absolute atomic E-state index is 0.153. The molecule has 1 atom stereocenters. The number of anilines is 1. The van der Waals surface area contributed by atoms with Crippen LogP contribution in [0.1, 0.15) is 42.6 Å². The van der Waals surface area contributed by atoms with Gasteiger partial charge in [-0.05, 0) is 37.6 Å². The molecule has 0 saturated heterocycles. The Labute approximate surface area is 90.9 Å². The number of likely N-dealkylation sites (N-methyl/N-ethyl adjacent to an activating group) is 1. The van der Waals surface area contributed by atoms with E-state index in [1.165, 1.54) is 11.3 Å². The molecule has 0 saturated carbocycles. The summed E-state index contributed by atoms with van der Waals surface area (Å²) in [5.74, 6) is 0.694. The molecule has 1 heterocycles. The number of carbonyl (C=O) groups excluding carboxylic acids is 1. The summed E-state index contributed by atoms with van der Waals surface area (Å²) in [7, 11) is 0. The molecule has 2 rings (SSSR count). The Morgan fingerprint density at radius 2 is 2.27 bits per heavy atom. The largest absolute Gasteiger partial charge is 0.371 e. The predicted octanol–water partition coefficient (Wildman–Crippen LogP) is 2.83.